The van der Waals surface area contributed by atoms with Gasteiger partial charge in [0, 0.05) is 17.1 Å². The summed E-state index contributed by atoms with van der Waals surface area (Å²) in [5.41, 5.74) is 1.40. The van der Waals surface area contributed by atoms with E-state index in [1.54, 1.807) is 0 Å². The maximum atomic E-state index is 7.13. The first kappa shape index (κ1) is 27.0. The molecule has 0 unspecified atom stereocenters. The van der Waals surface area contributed by atoms with Crippen molar-refractivity contribution in [1.82, 2.24) is 0 Å². The summed E-state index contributed by atoms with van der Waals surface area (Å²) in [4.78, 5) is 0. The Morgan fingerprint density at radius 2 is 1.70 bits per heavy atom. The summed E-state index contributed by atoms with van der Waals surface area (Å²) in [6.45, 7) is 7.55. The van der Waals surface area contributed by atoms with Crippen molar-refractivity contribution in [2.75, 3.05) is 19.6 Å². The van der Waals surface area contributed by atoms with Crippen LogP contribution in [0.25, 0.3) is 10.6 Å². The van der Waals surface area contributed by atoms with Gasteiger partial charge in [0.1, 0.15) is 0 Å². The normalized spacial score (nSPS) is 14.9. The second-order valence-electron chi connectivity index (χ2n) is 4.52. The number of nitriles is 2. The number of rotatable bonds is 2. The average Bonchev–Trinajstić information content (AvgIpc) is 2.58. The minimum absolute atomic E-state index is 0. The molecule has 0 N–H and O–H groups in total. The summed E-state index contributed by atoms with van der Waals surface area (Å²) in [6, 6.07) is 0. The van der Waals surface area contributed by atoms with Gasteiger partial charge in [-0.2, -0.15) is 6.20 Å². The van der Waals surface area contributed by atoms with E-state index in [4.69, 9.17) is 10.5 Å². The van der Waals surface area contributed by atoms with Gasteiger partial charge in [-0.25, -0.2) is 10.5 Å². The molecular weight excluding hydrogens is 376 g/mol. The fourth-order valence-electron chi connectivity index (χ4n) is 1.92. The zero-order chi connectivity index (χ0) is 17.1. The Bertz CT molecular complexity index is 369. The van der Waals surface area contributed by atoms with Crippen molar-refractivity contribution in [2.24, 2.45) is 5.92 Å². The predicted octanol–water partition coefficient (Wildman–Crippen LogP) is 4.43. The molecule has 0 saturated carbocycles. The quantitative estimate of drug-likeness (QED) is 0.391. The molecule has 0 amide bonds. The van der Waals surface area contributed by atoms with Gasteiger partial charge in [-0.1, -0.05) is 61.6 Å². The van der Waals surface area contributed by atoms with Crippen molar-refractivity contribution >= 4 is 25.3 Å². The first-order valence-corrected chi connectivity index (χ1v) is 8.19. The zero-order valence-electron chi connectivity index (χ0n) is 13.7. The third-order valence-corrected chi connectivity index (χ3v) is 3.23. The molecule has 23 heavy (non-hydrogen) atoms. The summed E-state index contributed by atoms with van der Waals surface area (Å²) in [5.74, 6) is 0.993. The molecule has 0 aromatic rings. The van der Waals surface area contributed by atoms with E-state index in [0.717, 1.165) is 32.0 Å². The standard InChI is InChI=1S/C7H14N.C7H10N.2CHNS.Cu/c2*1-2-7-3-5-8-6-4-7;2*2-1-3;/h7H,2-6H2,1H3;3-5H,2,6H2,1H3;2*3H;/q2*-1;;;/p-2. The first-order chi connectivity index (χ1) is 10.7. The Morgan fingerprint density at radius 1 is 1.17 bits per heavy atom. The molecule has 0 aromatic carbocycles. The number of nitrogens with zero attached hydrogens (tertiary/aromatic N) is 4. The smallest absolute Gasteiger partial charge is 0 e. The summed E-state index contributed by atoms with van der Waals surface area (Å²) < 4.78 is 0. The molecular formula is C16H24CuN4S2-4. The van der Waals surface area contributed by atoms with Crippen molar-refractivity contribution in [3.63, 3.8) is 0 Å². The van der Waals surface area contributed by atoms with Gasteiger partial charge < -0.3 is 35.9 Å². The van der Waals surface area contributed by atoms with Gasteiger partial charge >= 0.3 is 0 Å². The van der Waals surface area contributed by atoms with E-state index in [1.165, 1.54) is 35.6 Å². The topological polar surface area (TPSA) is 75.8 Å². The molecule has 2 heterocycles. The molecule has 0 atom stereocenters. The van der Waals surface area contributed by atoms with Crippen molar-refractivity contribution in [2.45, 2.75) is 39.5 Å². The molecule has 0 bridgehead atoms. The maximum Gasteiger partial charge on any atom is 0 e. The molecule has 4 nitrogen and oxygen atoms in total. The SMILES string of the molecule is CCC1=CC[N-]C=C1.CCC1CC[N-]CC1.N#C[S-].N#C[S-].[Cu]. The van der Waals surface area contributed by atoms with Crippen LogP contribution in [0.15, 0.2) is 23.9 Å². The van der Waals surface area contributed by atoms with Crippen LogP contribution < -0.4 is 0 Å². The minimum atomic E-state index is 0. The summed E-state index contributed by atoms with van der Waals surface area (Å²) in [6.07, 6.45) is 11.3. The molecule has 2 aliphatic heterocycles. The largest absolute Gasteiger partial charge is 0.696 e. The number of hydrogen-bond donors (Lipinski definition) is 0. The summed E-state index contributed by atoms with van der Waals surface area (Å²) in [7, 11) is 0. The fraction of sp³-hybridized carbons (Fsp3) is 0.625. The monoisotopic (exact) mass is 399 g/mol. The molecule has 7 heteroatoms. The maximum absolute atomic E-state index is 7.13. The Morgan fingerprint density at radius 3 is 1.96 bits per heavy atom. The van der Waals surface area contributed by atoms with Gasteiger partial charge in [-0.3, -0.25) is 0 Å². The van der Waals surface area contributed by atoms with Crippen LogP contribution in [0.2, 0.25) is 0 Å². The van der Waals surface area contributed by atoms with Crippen molar-refractivity contribution < 1.29 is 17.1 Å². The van der Waals surface area contributed by atoms with E-state index in [-0.39, 0.29) is 17.1 Å². The van der Waals surface area contributed by atoms with Crippen LogP contribution in [0.3, 0.4) is 0 Å². The number of piperidine rings is 1. The van der Waals surface area contributed by atoms with E-state index >= 15 is 0 Å². The van der Waals surface area contributed by atoms with Crippen LogP contribution in [0.5, 0.6) is 0 Å². The second-order valence-corrected chi connectivity index (χ2v) is 4.88. The van der Waals surface area contributed by atoms with E-state index in [0.29, 0.717) is 0 Å². The number of hydrogen-bond acceptors (Lipinski definition) is 4. The Hall–Kier alpha value is -0.821. The van der Waals surface area contributed by atoms with E-state index in [1.807, 2.05) is 6.20 Å². The molecule has 1 radical (unpaired) electrons. The molecule has 2 rings (SSSR count). The summed E-state index contributed by atoms with van der Waals surface area (Å²) in [5, 5.41) is 25.2. The van der Waals surface area contributed by atoms with Gasteiger partial charge in [0.05, 0.1) is 0 Å². The molecule has 0 aromatic heterocycles. The van der Waals surface area contributed by atoms with Crippen LogP contribution >= 0.6 is 0 Å². The number of allylic oxidation sites excluding steroid dienone is 2. The molecule has 135 valence electrons. The number of thiocyanates is 2. The van der Waals surface area contributed by atoms with Crippen molar-refractivity contribution in [3.8, 4) is 10.8 Å². The van der Waals surface area contributed by atoms with Gasteiger partial charge in [0.15, 0.2) is 0 Å². The zero-order valence-corrected chi connectivity index (χ0v) is 16.2. The van der Waals surface area contributed by atoms with E-state index in [2.05, 4.69) is 61.9 Å². The van der Waals surface area contributed by atoms with Crippen LogP contribution in [-0.2, 0) is 42.3 Å². The molecule has 2 aliphatic rings. The molecule has 0 spiro atoms. The minimum Gasteiger partial charge on any atom is -0.696 e. The van der Waals surface area contributed by atoms with E-state index < -0.39 is 0 Å². The Labute approximate surface area is 163 Å². The van der Waals surface area contributed by atoms with Crippen molar-refractivity contribution in [3.05, 3.63) is 34.6 Å². The van der Waals surface area contributed by atoms with Crippen LogP contribution in [0.4, 0.5) is 0 Å². The molecule has 1 saturated heterocycles. The van der Waals surface area contributed by atoms with Crippen LogP contribution in [0.1, 0.15) is 39.5 Å². The third kappa shape index (κ3) is 21.2. The van der Waals surface area contributed by atoms with Gasteiger partial charge in [-0.05, 0) is 12.3 Å². The van der Waals surface area contributed by atoms with Gasteiger partial charge in [-0.15, -0.1) is 19.6 Å². The van der Waals surface area contributed by atoms with Crippen LogP contribution in [0, 0.1) is 27.2 Å². The summed E-state index contributed by atoms with van der Waals surface area (Å²) >= 11 is 7.40. The first-order valence-electron chi connectivity index (χ1n) is 7.37. The Balaban J connectivity index is -0.000000253. The predicted molar refractivity (Wildman–Crippen MR) is 97.8 cm³/mol. The van der Waals surface area contributed by atoms with Crippen LogP contribution in [-0.4, -0.2) is 19.6 Å². The Kier molecular flexibility index (Phi) is 27.6. The van der Waals surface area contributed by atoms with Gasteiger partial charge in [0.2, 0.25) is 0 Å². The van der Waals surface area contributed by atoms with E-state index in [9.17, 15) is 0 Å². The fourth-order valence-corrected chi connectivity index (χ4v) is 1.92. The third-order valence-electron chi connectivity index (χ3n) is 3.23. The average molecular weight is 400 g/mol. The van der Waals surface area contributed by atoms with Crippen molar-refractivity contribution in [1.29, 1.82) is 10.5 Å². The second kappa shape index (κ2) is 23.4. The molecule has 1 fully saturated rings. The molecule has 0 aliphatic carbocycles. The van der Waals surface area contributed by atoms with Gasteiger partial charge in [0.25, 0.3) is 0 Å².